The van der Waals surface area contributed by atoms with Crippen LogP contribution in [0.5, 0.6) is 0 Å². The van der Waals surface area contributed by atoms with Crippen molar-refractivity contribution in [2.75, 3.05) is 51.7 Å². The fraction of sp³-hybridized carbons (Fsp3) is 0.478. The maximum atomic E-state index is 14.2. The molecule has 0 unspecified atom stereocenters. The lowest BCUT2D eigenvalue weighted by atomic mass is 9.95. The molecule has 4 rings (SSSR count). The van der Waals surface area contributed by atoms with Crippen molar-refractivity contribution >= 4 is 35.8 Å². The van der Waals surface area contributed by atoms with Gasteiger partial charge in [-0.25, -0.2) is 9.37 Å². The normalized spacial score (nSPS) is 18.3. The molecular formula is C23H32FIN6. The van der Waals surface area contributed by atoms with Gasteiger partial charge in [-0.2, -0.15) is 0 Å². The van der Waals surface area contributed by atoms with Crippen LogP contribution >= 0.6 is 24.0 Å². The molecule has 2 aliphatic rings. The highest BCUT2D eigenvalue weighted by Crippen LogP contribution is 2.48. The van der Waals surface area contributed by atoms with E-state index >= 15 is 0 Å². The van der Waals surface area contributed by atoms with Crippen LogP contribution in [0.25, 0.3) is 0 Å². The van der Waals surface area contributed by atoms with Gasteiger partial charge in [0.2, 0.25) is 0 Å². The van der Waals surface area contributed by atoms with Gasteiger partial charge in [-0.3, -0.25) is 4.99 Å². The van der Waals surface area contributed by atoms with Crippen LogP contribution in [0.4, 0.5) is 10.2 Å². The lowest BCUT2D eigenvalue weighted by molar-refractivity contribution is 0.312. The summed E-state index contributed by atoms with van der Waals surface area (Å²) in [5.74, 6) is 1.64. The average Bonchev–Trinajstić information content (AvgIpc) is 3.56. The van der Waals surface area contributed by atoms with Crippen LogP contribution in [0.1, 0.15) is 24.0 Å². The number of aromatic nitrogens is 1. The van der Waals surface area contributed by atoms with Crippen LogP contribution in [-0.2, 0) is 12.0 Å². The fourth-order valence-corrected chi connectivity index (χ4v) is 3.99. The first kappa shape index (κ1) is 23.7. The molecule has 0 spiro atoms. The van der Waals surface area contributed by atoms with E-state index in [9.17, 15) is 4.39 Å². The molecule has 0 atom stereocenters. The first-order valence-corrected chi connectivity index (χ1v) is 10.7. The van der Waals surface area contributed by atoms with Crippen LogP contribution < -0.4 is 15.5 Å². The van der Waals surface area contributed by atoms with Gasteiger partial charge in [0.05, 0.1) is 0 Å². The Morgan fingerprint density at radius 1 is 1.10 bits per heavy atom. The number of pyridine rings is 1. The van der Waals surface area contributed by atoms with Crippen molar-refractivity contribution in [3.8, 4) is 0 Å². The Morgan fingerprint density at radius 2 is 1.84 bits per heavy atom. The summed E-state index contributed by atoms with van der Waals surface area (Å²) in [5, 5.41) is 6.72. The number of likely N-dealkylation sites (N-methyl/N-ethyl adjacent to an activating group) is 1. The van der Waals surface area contributed by atoms with Crippen molar-refractivity contribution in [3.05, 3.63) is 59.5 Å². The monoisotopic (exact) mass is 538 g/mol. The number of anilines is 1. The molecule has 2 heterocycles. The van der Waals surface area contributed by atoms with E-state index in [4.69, 9.17) is 0 Å². The van der Waals surface area contributed by atoms with Gasteiger partial charge in [0, 0.05) is 57.9 Å². The number of hydrogen-bond donors (Lipinski definition) is 2. The summed E-state index contributed by atoms with van der Waals surface area (Å²) >= 11 is 0. The molecular weight excluding hydrogens is 506 g/mol. The van der Waals surface area contributed by atoms with Crippen LogP contribution in [0, 0.1) is 5.82 Å². The second-order valence-electron chi connectivity index (χ2n) is 8.35. The number of nitrogens with one attached hydrogen (secondary N) is 2. The topological polar surface area (TPSA) is 55.8 Å². The fourth-order valence-electron chi connectivity index (χ4n) is 3.99. The van der Waals surface area contributed by atoms with E-state index in [0.29, 0.717) is 13.1 Å². The van der Waals surface area contributed by atoms with Gasteiger partial charge >= 0.3 is 0 Å². The van der Waals surface area contributed by atoms with E-state index in [1.165, 1.54) is 0 Å². The Kier molecular flexibility index (Phi) is 8.10. The second kappa shape index (κ2) is 10.6. The number of hydrogen-bond acceptors (Lipinski definition) is 4. The van der Waals surface area contributed by atoms with Gasteiger partial charge in [-0.1, -0.05) is 24.3 Å². The van der Waals surface area contributed by atoms with E-state index in [0.717, 1.165) is 61.9 Å². The first-order valence-electron chi connectivity index (χ1n) is 10.7. The molecule has 0 amide bonds. The number of guanidine groups is 1. The Morgan fingerprint density at radius 3 is 2.45 bits per heavy atom. The minimum absolute atomic E-state index is 0. The third-order valence-corrected chi connectivity index (χ3v) is 6.21. The number of aliphatic imine (C=N–C) groups is 1. The van der Waals surface area contributed by atoms with E-state index in [1.807, 2.05) is 18.3 Å². The Bertz CT molecular complexity index is 876. The zero-order valence-corrected chi connectivity index (χ0v) is 20.6. The third-order valence-electron chi connectivity index (χ3n) is 6.21. The lowest BCUT2D eigenvalue weighted by Crippen LogP contribution is -2.44. The summed E-state index contributed by atoms with van der Waals surface area (Å²) < 4.78 is 14.2. The van der Waals surface area contributed by atoms with Gasteiger partial charge in [0.15, 0.2) is 5.96 Å². The van der Waals surface area contributed by atoms with Crippen LogP contribution in [0.3, 0.4) is 0 Å². The Balaban J connectivity index is 0.00000272. The number of benzene rings is 1. The van der Waals surface area contributed by atoms with Gasteiger partial charge < -0.3 is 20.4 Å². The van der Waals surface area contributed by atoms with Gasteiger partial charge in [-0.15, -0.1) is 24.0 Å². The standard InChI is InChI=1S/C23H31FN6.HI/c1-25-22(28-17-23(9-10-23)19-5-3-4-6-20(19)24)27-16-18-7-8-21(26-15-18)30-13-11-29(2)12-14-30;/h3-8,15H,9-14,16-17H2,1-2H3,(H2,25,27,28);1H. The quantitative estimate of drug-likeness (QED) is 0.337. The lowest BCUT2D eigenvalue weighted by Gasteiger charge is -2.33. The van der Waals surface area contributed by atoms with E-state index in [2.05, 4.69) is 49.6 Å². The number of nitrogens with zero attached hydrogens (tertiary/aromatic N) is 4. The molecule has 8 heteroatoms. The predicted molar refractivity (Wildman–Crippen MR) is 135 cm³/mol. The first-order chi connectivity index (χ1) is 14.6. The summed E-state index contributed by atoms with van der Waals surface area (Å²) in [5.41, 5.74) is 1.79. The summed E-state index contributed by atoms with van der Waals surface area (Å²) in [4.78, 5) is 13.6. The molecule has 1 aromatic heterocycles. The molecule has 168 valence electrons. The van der Waals surface area contributed by atoms with Crippen molar-refractivity contribution < 1.29 is 4.39 Å². The Hall–Kier alpha value is -1.94. The van der Waals surface area contributed by atoms with Crippen LogP contribution in [-0.4, -0.2) is 62.7 Å². The number of halogens is 2. The summed E-state index contributed by atoms with van der Waals surface area (Å²) in [6.07, 6.45) is 3.92. The van der Waals surface area contributed by atoms with Gasteiger partial charge in [0.25, 0.3) is 0 Å². The second-order valence-corrected chi connectivity index (χ2v) is 8.35. The van der Waals surface area contributed by atoms with Crippen molar-refractivity contribution in [2.24, 2.45) is 4.99 Å². The molecule has 2 N–H and O–H groups in total. The smallest absolute Gasteiger partial charge is 0.191 e. The van der Waals surface area contributed by atoms with Crippen molar-refractivity contribution in [2.45, 2.75) is 24.8 Å². The molecule has 1 aliphatic carbocycles. The molecule has 2 aromatic rings. The number of rotatable bonds is 6. The predicted octanol–water partition coefficient (Wildman–Crippen LogP) is 2.99. The summed E-state index contributed by atoms with van der Waals surface area (Å²) in [6.45, 7) is 5.49. The molecule has 2 fully saturated rings. The van der Waals surface area contributed by atoms with Gasteiger partial charge in [-0.05, 0) is 43.1 Å². The summed E-state index contributed by atoms with van der Waals surface area (Å²) in [7, 11) is 3.91. The molecule has 1 saturated heterocycles. The minimum atomic E-state index is -0.119. The van der Waals surface area contributed by atoms with Crippen molar-refractivity contribution in [1.82, 2.24) is 20.5 Å². The number of piperazine rings is 1. The average molecular weight is 538 g/mol. The summed E-state index contributed by atoms with van der Waals surface area (Å²) in [6, 6.07) is 11.3. The zero-order chi connectivity index (χ0) is 21.0. The largest absolute Gasteiger partial charge is 0.356 e. The van der Waals surface area contributed by atoms with E-state index < -0.39 is 0 Å². The van der Waals surface area contributed by atoms with Crippen LogP contribution in [0.2, 0.25) is 0 Å². The SMILES string of the molecule is CN=C(NCc1ccc(N2CCN(C)CC2)nc1)NCC1(c2ccccc2F)CC1.I. The molecule has 0 radical (unpaired) electrons. The van der Waals surface area contributed by atoms with E-state index in [1.54, 1.807) is 19.2 Å². The Labute approximate surface area is 201 Å². The molecule has 1 aliphatic heterocycles. The molecule has 1 saturated carbocycles. The van der Waals surface area contributed by atoms with Crippen LogP contribution in [0.15, 0.2) is 47.6 Å². The van der Waals surface area contributed by atoms with Crippen molar-refractivity contribution in [3.63, 3.8) is 0 Å². The molecule has 31 heavy (non-hydrogen) atoms. The van der Waals surface area contributed by atoms with Gasteiger partial charge in [0.1, 0.15) is 11.6 Å². The van der Waals surface area contributed by atoms with E-state index in [-0.39, 0.29) is 35.2 Å². The highest BCUT2D eigenvalue weighted by molar-refractivity contribution is 14.0. The highest BCUT2D eigenvalue weighted by Gasteiger charge is 2.45. The maximum absolute atomic E-state index is 14.2. The molecule has 6 nitrogen and oxygen atoms in total. The molecule has 1 aromatic carbocycles. The molecule has 0 bridgehead atoms. The maximum Gasteiger partial charge on any atom is 0.191 e. The minimum Gasteiger partial charge on any atom is -0.356 e. The highest BCUT2D eigenvalue weighted by atomic mass is 127. The van der Waals surface area contributed by atoms with Crippen molar-refractivity contribution in [1.29, 1.82) is 0 Å². The third kappa shape index (κ3) is 5.85. The zero-order valence-electron chi connectivity index (χ0n) is 18.3.